The van der Waals surface area contributed by atoms with E-state index in [9.17, 15) is 9.59 Å². The fourth-order valence-electron chi connectivity index (χ4n) is 4.29. The molecule has 2 aromatic carbocycles. The van der Waals surface area contributed by atoms with Crippen molar-refractivity contribution in [3.63, 3.8) is 0 Å². The summed E-state index contributed by atoms with van der Waals surface area (Å²) in [6, 6.07) is 18.2. The summed E-state index contributed by atoms with van der Waals surface area (Å²) in [6.45, 7) is 6.14. The van der Waals surface area contributed by atoms with Crippen molar-refractivity contribution in [2.75, 3.05) is 19.7 Å². The minimum Gasteiger partial charge on any atom is -0.494 e. The summed E-state index contributed by atoms with van der Waals surface area (Å²) in [5.41, 5.74) is 2.27. The lowest BCUT2D eigenvalue weighted by atomic mass is 9.93. The number of amides is 2. The zero-order valence-corrected chi connectivity index (χ0v) is 19.4. The lowest BCUT2D eigenvalue weighted by molar-refractivity contribution is -0.134. The number of aryl methyl sites for hydroxylation is 1. The fourth-order valence-corrected chi connectivity index (χ4v) is 4.29. The third kappa shape index (κ3) is 7.11. The largest absolute Gasteiger partial charge is 0.494 e. The maximum absolute atomic E-state index is 13.0. The SMILES string of the molecule is CCC(C(=O)N1CCC(NC(=O)CCCCOc2cccc(C)c2)CC1)c1ccccc1. The number of piperidine rings is 1. The molecule has 0 aromatic heterocycles. The molecular weight excluding hydrogens is 400 g/mol. The van der Waals surface area contributed by atoms with E-state index in [4.69, 9.17) is 4.74 Å². The van der Waals surface area contributed by atoms with E-state index in [-0.39, 0.29) is 23.8 Å². The molecule has 0 saturated carbocycles. The Balaban J connectivity index is 1.32. The van der Waals surface area contributed by atoms with Crippen molar-refractivity contribution in [3.8, 4) is 5.75 Å². The van der Waals surface area contributed by atoms with Crippen LogP contribution >= 0.6 is 0 Å². The molecular formula is C27H36N2O3. The van der Waals surface area contributed by atoms with Gasteiger partial charge < -0.3 is 15.0 Å². The number of rotatable bonds is 10. The third-order valence-corrected chi connectivity index (χ3v) is 6.14. The van der Waals surface area contributed by atoms with E-state index >= 15 is 0 Å². The van der Waals surface area contributed by atoms with Crippen molar-refractivity contribution in [2.45, 2.75) is 64.3 Å². The molecule has 3 rings (SSSR count). The number of nitrogens with zero attached hydrogens (tertiary/aromatic N) is 1. The summed E-state index contributed by atoms with van der Waals surface area (Å²) in [7, 11) is 0. The number of unbranched alkanes of at least 4 members (excludes halogenated alkanes) is 1. The van der Waals surface area contributed by atoms with E-state index in [1.165, 1.54) is 5.56 Å². The van der Waals surface area contributed by atoms with Crippen molar-refractivity contribution >= 4 is 11.8 Å². The monoisotopic (exact) mass is 436 g/mol. The van der Waals surface area contributed by atoms with Gasteiger partial charge in [-0.2, -0.15) is 0 Å². The zero-order valence-electron chi connectivity index (χ0n) is 19.4. The van der Waals surface area contributed by atoms with E-state index in [0.29, 0.717) is 26.1 Å². The molecule has 1 fully saturated rings. The van der Waals surface area contributed by atoms with Crippen molar-refractivity contribution in [3.05, 3.63) is 65.7 Å². The molecule has 172 valence electrons. The van der Waals surface area contributed by atoms with E-state index in [0.717, 1.165) is 43.4 Å². The summed E-state index contributed by atoms with van der Waals surface area (Å²) >= 11 is 0. The van der Waals surface area contributed by atoms with Crippen LogP contribution in [0.15, 0.2) is 54.6 Å². The van der Waals surface area contributed by atoms with Gasteiger partial charge in [-0.25, -0.2) is 0 Å². The first-order chi connectivity index (χ1) is 15.6. The molecule has 1 heterocycles. The number of hydrogen-bond acceptors (Lipinski definition) is 3. The molecule has 0 aliphatic carbocycles. The van der Waals surface area contributed by atoms with Crippen LogP contribution in [0.3, 0.4) is 0 Å². The highest BCUT2D eigenvalue weighted by atomic mass is 16.5. The van der Waals surface area contributed by atoms with Gasteiger partial charge in [0.2, 0.25) is 11.8 Å². The zero-order chi connectivity index (χ0) is 22.8. The highest BCUT2D eigenvalue weighted by Gasteiger charge is 2.28. The summed E-state index contributed by atoms with van der Waals surface area (Å²) in [4.78, 5) is 27.3. The molecule has 32 heavy (non-hydrogen) atoms. The van der Waals surface area contributed by atoms with E-state index < -0.39 is 0 Å². The van der Waals surface area contributed by atoms with Gasteiger partial charge in [0.15, 0.2) is 0 Å². The average Bonchev–Trinajstić information content (AvgIpc) is 2.80. The van der Waals surface area contributed by atoms with Gasteiger partial charge in [-0.1, -0.05) is 49.4 Å². The van der Waals surface area contributed by atoms with Crippen molar-refractivity contribution in [2.24, 2.45) is 0 Å². The first-order valence-corrected chi connectivity index (χ1v) is 11.9. The highest BCUT2D eigenvalue weighted by molar-refractivity contribution is 5.84. The van der Waals surface area contributed by atoms with Crippen molar-refractivity contribution < 1.29 is 14.3 Å². The van der Waals surface area contributed by atoms with Crippen LogP contribution in [-0.2, 0) is 9.59 Å². The standard InChI is InChI=1S/C27H36N2O3/c1-3-25(22-11-5-4-6-12-22)27(31)29-17-15-23(16-18-29)28-26(30)14-7-8-19-32-24-13-9-10-21(2)20-24/h4-6,9-13,20,23,25H,3,7-8,14-19H2,1-2H3,(H,28,30). The second kappa shape index (κ2) is 12.3. The van der Waals surface area contributed by atoms with Crippen LogP contribution in [0.2, 0.25) is 0 Å². The van der Waals surface area contributed by atoms with Gasteiger partial charge in [0.05, 0.1) is 12.5 Å². The minimum atomic E-state index is -0.0793. The second-order valence-electron chi connectivity index (χ2n) is 8.66. The van der Waals surface area contributed by atoms with Gasteiger partial charge in [-0.3, -0.25) is 9.59 Å². The maximum atomic E-state index is 13.0. The van der Waals surface area contributed by atoms with E-state index in [1.54, 1.807) is 0 Å². The molecule has 0 spiro atoms. The number of nitrogens with one attached hydrogen (secondary N) is 1. The normalized spacial score (nSPS) is 15.2. The molecule has 0 radical (unpaired) electrons. The van der Waals surface area contributed by atoms with Gasteiger partial charge in [0, 0.05) is 25.6 Å². The van der Waals surface area contributed by atoms with Crippen LogP contribution in [0.1, 0.15) is 62.5 Å². The molecule has 1 aliphatic heterocycles. The molecule has 1 saturated heterocycles. The van der Waals surface area contributed by atoms with Crippen LogP contribution in [0.25, 0.3) is 0 Å². The van der Waals surface area contributed by atoms with Gasteiger partial charge in [0.1, 0.15) is 5.75 Å². The van der Waals surface area contributed by atoms with E-state index in [2.05, 4.69) is 12.2 Å². The van der Waals surface area contributed by atoms with Crippen LogP contribution in [0.4, 0.5) is 0 Å². The Labute approximate surface area is 192 Å². The Bertz CT molecular complexity index is 860. The topological polar surface area (TPSA) is 58.6 Å². The smallest absolute Gasteiger partial charge is 0.230 e. The lowest BCUT2D eigenvalue weighted by Gasteiger charge is -2.34. The minimum absolute atomic E-state index is 0.0793. The summed E-state index contributed by atoms with van der Waals surface area (Å²) in [5.74, 6) is 1.11. The molecule has 1 atom stereocenters. The quantitative estimate of drug-likeness (QED) is 0.542. The molecule has 1 N–H and O–H groups in total. The van der Waals surface area contributed by atoms with Crippen molar-refractivity contribution in [1.29, 1.82) is 0 Å². The molecule has 1 aliphatic rings. The number of hydrogen-bond donors (Lipinski definition) is 1. The van der Waals surface area contributed by atoms with Crippen molar-refractivity contribution in [1.82, 2.24) is 10.2 Å². The van der Waals surface area contributed by atoms with Crippen LogP contribution in [-0.4, -0.2) is 42.5 Å². The second-order valence-corrected chi connectivity index (χ2v) is 8.66. The number of likely N-dealkylation sites (tertiary alicyclic amines) is 1. The number of carbonyl (C=O) groups excluding carboxylic acids is 2. The Morgan fingerprint density at radius 1 is 1.06 bits per heavy atom. The Morgan fingerprint density at radius 2 is 1.81 bits per heavy atom. The van der Waals surface area contributed by atoms with Crippen LogP contribution in [0.5, 0.6) is 5.75 Å². The van der Waals surface area contributed by atoms with E-state index in [1.807, 2.05) is 66.4 Å². The van der Waals surface area contributed by atoms with Gasteiger partial charge in [0.25, 0.3) is 0 Å². The molecule has 5 heteroatoms. The van der Waals surface area contributed by atoms with Crippen LogP contribution < -0.4 is 10.1 Å². The number of carbonyl (C=O) groups is 2. The maximum Gasteiger partial charge on any atom is 0.230 e. The highest BCUT2D eigenvalue weighted by Crippen LogP contribution is 2.24. The van der Waals surface area contributed by atoms with Gasteiger partial charge in [-0.15, -0.1) is 0 Å². The Hall–Kier alpha value is -2.82. The van der Waals surface area contributed by atoms with Crippen LogP contribution in [0, 0.1) is 6.92 Å². The average molecular weight is 437 g/mol. The first kappa shape index (κ1) is 23.8. The molecule has 0 bridgehead atoms. The Kier molecular flexibility index (Phi) is 9.14. The molecule has 2 amide bonds. The van der Waals surface area contributed by atoms with Gasteiger partial charge >= 0.3 is 0 Å². The predicted molar refractivity (Wildman–Crippen MR) is 128 cm³/mol. The first-order valence-electron chi connectivity index (χ1n) is 11.9. The third-order valence-electron chi connectivity index (χ3n) is 6.14. The molecule has 5 nitrogen and oxygen atoms in total. The molecule has 2 aromatic rings. The molecule has 1 unspecified atom stereocenters. The number of benzene rings is 2. The fraction of sp³-hybridized carbons (Fsp3) is 0.481. The summed E-state index contributed by atoms with van der Waals surface area (Å²) < 4.78 is 5.74. The Morgan fingerprint density at radius 3 is 2.50 bits per heavy atom. The number of ether oxygens (including phenoxy) is 1. The summed E-state index contributed by atoms with van der Waals surface area (Å²) in [6.07, 6.45) is 4.62. The van der Waals surface area contributed by atoms with Gasteiger partial charge in [-0.05, 0) is 62.3 Å². The lowest BCUT2D eigenvalue weighted by Crippen LogP contribution is -2.47. The summed E-state index contributed by atoms with van der Waals surface area (Å²) in [5, 5.41) is 3.15. The predicted octanol–water partition coefficient (Wildman–Crippen LogP) is 4.85.